The van der Waals surface area contributed by atoms with Crippen molar-refractivity contribution in [3.63, 3.8) is 0 Å². The van der Waals surface area contributed by atoms with Crippen molar-refractivity contribution >= 4 is 23.2 Å². The summed E-state index contributed by atoms with van der Waals surface area (Å²) in [6.07, 6.45) is 2.65. The summed E-state index contributed by atoms with van der Waals surface area (Å²) in [7, 11) is 0. The first kappa shape index (κ1) is 23.7. The average molecular weight is 421 g/mol. The van der Waals surface area contributed by atoms with Crippen LogP contribution < -0.4 is 22.1 Å². The van der Waals surface area contributed by atoms with Crippen molar-refractivity contribution in [3.8, 4) is 0 Å². The summed E-state index contributed by atoms with van der Waals surface area (Å²) in [6, 6.07) is 4.88. The molecule has 2 unspecified atom stereocenters. The summed E-state index contributed by atoms with van der Waals surface area (Å²) in [4.78, 5) is 38.1. The van der Waals surface area contributed by atoms with Crippen LogP contribution in [0.5, 0.6) is 0 Å². The largest absolute Gasteiger partial charge is 0.330 e. The van der Waals surface area contributed by atoms with Crippen molar-refractivity contribution in [1.82, 2.24) is 10.2 Å². The van der Waals surface area contributed by atoms with Crippen LogP contribution in [-0.2, 0) is 9.59 Å². The molecule has 1 aromatic carbocycles. The van der Waals surface area contributed by atoms with E-state index in [1.807, 2.05) is 0 Å². The maximum absolute atomic E-state index is 13.2. The highest BCUT2D eigenvalue weighted by molar-refractivity contribution is 5.97. The van der Waals surface area contributed by atoms with Crippen molar-refractivity contribution in [2.24, 2.45) is 17.4 Å². The predicted octanol–water partition coefficient (Wildman–Crippen LogP) is 1.16. The Hall–Kier alpha value is -2.56. The van der Waals surface area contributed by atoms with Gasteiger partial charge < -0.3 is 21.7 Å². The lowest BCUT2D eigenvalue weighted by Crippen LogP contribution is -2.59. The van der Waals surface area contributed by atoms with E-state index in [0.29, 0.717) is 31.0 Å². The number of non-ortho nitro benzene ring substituents is 1. The molecule has 0 radical (unpaired) electrons. The minimum atomic E-state index is -0.717. The molecule has 166 valence electrons. The smallest absolute Gasteiger partial charge is 0.269 e. The number of piperidine rings is 1. The molecule has 0 aliphatic carbocycles. The number of hydrogen-bond donors (Lipinski definition) is 4. The molecule has 1 fully saturated rings. The van der Waals surface area contributed by atoms with Crippen LogP contribution in [0.1, 0.15) is 39.0 Å². The molecule has 0 saturated carbocycles. The number of amides is 2. The maximum Gasteiger partial charge on any atom is 0.269 e. The SMILES string of the molecule is CC1CCNC(N(C(=O)CCN)[C@@H](CCCN)C(=O)Nc2ccc([N+](=O)[O-])cc2)C1. The number of nitrogens with two attached hydrogens (primary N) is 2. The van der Waals surface area contributed by atoms with Crippen LogP contribution in [0.3, 0.4) is 0 Å². The van der Waals surface area contributed by atoms with Gasteiger partial charge in [0, 0.05) is 30.8 Å². The second-order valence-corrected chi connectivity index (χ2v) is 7.68. The Labute approximate surface area is 176 Å². The number of benzene rings is 1. The molecule has 1 heterocycles. The third-order valence-corrected chi connectivity index (χ3v) is 5.29. The van der Waals surface area contributed by atoms with E-state index in [0.717, 1.165) is 19.4 Å². The number of nitro benzene ring substituents is 1. The fourth-order valence-electron chi connectivity index (χ4n) is 3.71. The molecule has 0 aromatic heterocycles. The van der Waals surface area contributed by atoms with Gasteiger partial charge in [-0.2, -0.15) is 0 Å². The lowest BCUT2D eigenvalue weighted by Gasteiger charge is -2.41. The molecule has 30 heavy (non-hydrogen) atoms. The lowest BCUT2D eigenvalue weighted by molar-refractivity contribution is -0.384. The Kier molecular flexibility index (Phi) is 9.15. The van der Waals surface area contributed by atoms with Crippen LogP contribution in [0, 0.1) is 16.0 Å². The predicted molar refractivity (Wildman–Crippen MR) is 115 cm³/mol. The van der Waals surface area contributed by atoms with Crippen molar-refractivity contribution < 1.29 is 14.5 Å². The molecule has 6 N–H and O–H groups in total. The molecule has 10 heteroatoms. The van der Waals surface area contributed by atoms with Crippen molar-refractivity contribution in [1.29, 1.82) is 0 Å². The number of nitro groups is 1. The average Bonchev–Trinajstić information content (AvgIpc) is 2.71. The number of rotatable bonds is 10. The normalized spacial score (nSPS) is 19.7. The summed E-state index contributed by atoms with van der Waals surface area (Å²) in [5, 5.41) is 17.0. The van der Waals surface area contributed by atoms with Crippen LogP contribution in [0.15, 0.2) is 24.3 Å². The van der Waals surface area contributed by atoms with Crippen molar-refractivity contribution in [2.75, 3.05) is 25.0 Å². The summed E-state index contributed by atoms with van der Waals surface area (Å²) in [6.45, 7) is 3.50. The zero-order valence-electron chi connectivity index (χ0n) is 17.4. The van der Waals surface area contributed by atoms with Gasteiger partial charge in [-0.1, -0.05) is 6.92 Å². The second kappa shape index (κ2) is 11.6. The number of nitrogens with zero attached hydrogens (tertiary/aromatic N) is 2. The van der Waals surface area contributed by atoms with Gasteiger partial charge in [0.15, 0.2) is 0 Å². The number of carbonyl (C=O) groups is 2. The van der Waals surface area contributed by atoms with Crippen molar-refractivity contribution in [2.45, 2.75) is 51.2 Å². The topological polar surface area (TPSA) is 157 Å². The Morgan fingerprint density at radius 2 is 2.00 bits per heavy atom. The molecule has 1 aromatic rings. The monoisotopic (exact) mass is 420 g/mol. The number of nitrogens with one attached hydrogen (secondary N) is 2. The van der Waals surface area contributed by atoms with E-state index in [-0.39, 0.29) is 36.6 Å². The second-order valence-electron chi connectivity index (χ2n) is 7.68. The van der Waals surface area contributed by atoms with E-state index in [1.54, 1.807) is 4.90 Å². The lowest BCUT2D eigenvalue weighted by atomic mass is 9.95. The molecular weight excluding hydrogens is 388 g/mol. The molecule has 1 aliphatic rings. The molecule has 2 amide bonds. The third kappa shape index (κ3) is 6.48. The standard InChI is InChI=1S/C20H32N6O4/c1-14-9-12-23-18(13-14)25(19(27)8-11-22)17(3-2-10-21)20(28)24-15-4-6-16(7-5-15)26(29)30/h4-7,14,17-18,23H,2-3,8-13,21-22H2,1H3,(H,24,28)/t14?,17-,18?/m0/s1. The van der Waals surface area contributed by atoms with E-state index < -0.39 is 11.0 Å². The van der Waals surface area contributed by atoms with E-state index in [4.69, 9.17) is 11.5 Å². The zero-order valence-corrected chi connectivity index (χ0v) is 17.4. The van der Waals surface area contributed by atoms with Crippen LogP contribution in [0.4, 0.5) is 11.4 Å². The van der Waals surface area contributed by atoms with E-state index >= 15 is 0 Å². The van der Waals surface area contributed by atoms with Gasteiger partial charge >= 0.3 is 0 Å². The van der Waals surface area contributed by atoms with Gasteiger partial charge in [0.2, 0.25) is 11.8 Å². The summed E-state index contributed by atoms with van der Waals surface area (Å²) >= 11 is 0. The Bertz CT molecular complexity index is 727. The van der Waals surface area contributed by atoms with Gasteiger partial charge in [-0.25, -0.2) is 0 Å². The molecule has 0 spiro atoms. The molecule has 0 bridgehead atoms. The first-order valence-corrected chi connectivity index (χ1v) is 10.4. The molecule has 2 rings (SSSR count). The number of hydrogen-bond acceptors (Lipinski definition) is 7. The van der Waals surface area contributed by atoms with Crippen LogP contribution >= 0.6 is 0 Å². The maximum atomic E-state index is 13.2. The molecule has 10 nitrogen and oxygen atoms in total. The van der Waals surface area contributed by atoms with Gasteiger partial charge in [-0.3, -0.25) is 25.0 Å². The van der Waals surface area contributed by atoms with Crippen molar-refractivity contribution in [3.05, 3.63) is 34.4 Å². The van der Waals surface area contributed by atoms with Crippen LogP contribution in [0.25, 0.3) is 0 Å². The van der Waals surface area contributed by atoms with Gasteiger partial charge in [-0.15, -0.1) is 0 Å². The zero-order chi connectivity index (χ0) is 22.1. The third-order valence-electron chi connectivity index (χ3n) is 5.29. The van der Waals surface area contributed by atoms with E-state index in [2.05, 4.69) is 17.6 Å². The first-order valence-electron chi connectivity index (χ1n) is 10.4. The minimum Gasteiger partial charge on any atom is -0.330 e. The fourth-order valence-corrected chi connectivity index (χ4v) is 3.71. The highest BCUT2D eigenvalue weighted by atomic mass is 16.6. The molecule has 1 aliphatic heterocycles. The fraction of sp³-hybridized carbons (Fsp3) is 0.600. The Morgan fingerprint density at radius 1 is 1.30 bits per heavy atom. The summed E-state index contributed by atoms with van der Waals surface area (Å²) in [5.74, 6) is -0.0926. The number of carbonyl (C=O) groups excluding carboxylic acids is 2. The number of anilines is 1. The van der Waals surface area contributed by atoms with Crippen LogP contribution in [-0.4, -0.2) is 53.5 Å². The minimum absolute atomic E-state index is 0.0622. The Morgan fingerprint density at radius 3 is 2.57 bits per heavy atom. The molecule has 1 saturated heterocycles. The molecule has 3 atom stereocenters. The van der Waals surface area contributed by atoms with E-state index in [1.165, 1.54) is 24.3 Å². The highest BCUT2D eigenvalue weighted by Crippen LogP contribution is 2.23. The van der Waals surface area contributed by atoms with Gasteiger partial charge in [0.25, 0.3) is 5.69 Å². The van der Waals surface area contributed by atoms with Gasteiger partial charge in [0.05, 0.1) is 11.1 Å². The first-order chi connectivity index (χ1) is 14.4. The Balaban J connectivity index is 2.25. The molecular formula is C20H32N6O4. The van der Waals surface area contributed by atoms with Crippen LogP contribution in [0.2, 0.25) is 0 Å². The van der Waals surface area contributed by atoms with Gasteiger partial charge in [0.1, 0.15) is 6.04 Å². The summed E-state index contributed by atoms with van der Waals surface area (Å²) < 4.78 is 0. The van der Waals surface area contributed by atoms with E-state index in [9.17, 15) is 19.7 Å². The summed E-state index contributed by atoms with van der Waals surface area (Å²) in [5.41, 5.74) is 11.7. The highest BCUT2D eigenvalue weighted by Gasteiger charge is 2.36. The quantitative estimate of drug-likeness (QED) is 0.327. The van der Waals surface area contributed by atoms with Gasteiger partial charge in [-0.05, 0) is 56.8 Å².